The van der Waals surface area contributed by atoms with E-state index in [9.17, 15) is 4.79 Å². The molecular weight excluding hydrogens is 256 g/mol. The lowest BCUT2D eigenvalue weighted by Crippen LogP contribution is -2.33. The van der Waals surface area contributed by atoms with Gasteiger partial charge >= 0.3 is 0 Å². The zero-order valence-corrected chi connectivity index (χ0v) is 11.7. The Hall–Kier alpha value is -2.21. The van der Waals surface area contributed by atoms with Crippen LogP contribution in [0.5, 0.6) is 0 Å². The Morgan fingerprint density at radius 1 is 1.45 bits per heavy atom. The lowest BCUT2D eigenvalue weighted by Gasteiger charge is -2.21. The van der Waals surface area contributed by atoms with Crippen LogP contribution in [0.4, 0.5) is 5.69 Å². The first-order valence-electron chi connectivity index (χ1n) is 6.51. The van der Waals surface area contributed by atoms with Gasteiger partial charge in [-0.3, -0.25) is 4.79 Å². The maximum Gasteiger partial charge on any atom is 0.248 e. The summed E-state index contributed by atoms with van der Waals surface area (Å²) in [6.45, 7) is 4.44. The van der Waals surface area contributed by atoms with Gasteiger partial charge in [0.25, 0.3) is 0 Å². The predicted molar refractivity (Wildman–Crippen MR) is 75.2 cm³/mol. The molecule has 1 N–H and O–H groups in total. The highest BCUT2D eigenvalue weighted by atomic mass is 16.3. The number of nitrogens with zero attached hydrogens (tertiary/aromatic N) is 4. The number of carbonyl (C=O) groups is 1. The fourth-order valence-corrected chi connectivity index (χ4v) is 2.01. The second kappa shape index (κ2) is 6.29. The van der Waals surface area contributed by atoms with Crippen molar-refractivity contribution in [3.63, 3.8) is 0 Å². The van der Waals surface area contributed by atoms with E-state index >= 15 is 0 Å². The van der Waals surface area contributed by atoms with Crippen molar-refractivity contribution in [1.82, 2.24) is 15.0 Å². The molecule has 0 fully saturated rings. The normalized spacial score (nSPS) is 10.6. The van der Waals surface area contributed by atoms with E-state index in [0.29, 0.717) is 12.2 Å². The minimum Gasteiger partial charge on any atom is -0.390 e. The Kier molecular flexibility index (Phi) is 4.47. The fraction of sp³-hybridized carbons (Fsp3) is 0.357. The maximum atomic E-state index is 12.3. The van der Waals surface area contributed by atoms with Gasteiger partial charge in [0.2, 0.25) is 5.91 Å². The van der Waals surface area contributed by atoms with Crippen LogP contribution in [-0.4, -0.2) is 32.6 Å². The van der Waals surface area contributed by atoms with E-state index in [2.05, 4.69) is 10.3 Å². The number of hydrogen-bond donors (Lipinski definition) is 1. The highest BCUT2D eigenvalue weighted by Gasteiger charge is 2.15. The summed E-state index contributed by atoms with van der Waals surface area (Å²) in [6.07, 6.45) is 1.57. The van der Waals surface area contributed by atoms with Crippen molar-refractivity contribution in [1.29, 1.82) is 0 Å². The summed E-state index contributed by atoms with van der Waals surface area (Å²) in [6, 6.07) is 7.81. The molecule has 6 nitrogen and oxygen atoms in total. The SMILES string of the molecule is CCN(C(=O)Cn1cc(CO)nn1)c1cccc(C)c1. The highest BCUT2D eigenvalue weighted by molar-refractivity contribution is 5.93. The summed E-state index contributed by atoms with van der Waals surface area (Å²) in [5.74, 6) is -0.0625. The van der Waals surface area contributed by atoms with Gasteiger partial charge in [0.15, 0.2) is 0 Å². The second-order valence-corrected chi connectivity index (χ2v) is 4.54. The molecule has 0 saturated heterocycles. The molecular formula is C14H18N4O2. The first kappa shape index (κ1) is 14.2. The van der Waals surface area contributed by atoms with Crippen LogP contribution in [0, 0.1) is 6.92 Å². The van der Waals surface area contributed by atoms with E-state index in [4.69, 9.17) is 5.11 Å². The van der Waals surface area contributed by atoms with Crippen LogP contribution in [0.15, 0.2) is 30.5 Å². The molecule has 1 heterocycles. The molecule has 2 rings (SSSR count). The van der Waals surface area contributed by atoms with Crippen LogP contribution < -0.4 is 4.90 Å². The molecule has 0 aliphatic heterocycles. The Morgan fingerprint density at radius 3 is 2.85 bits per heavy atom. The molecule has 6 heteroatoms. The van der Waals surface area contributed by atoms with Crippen molar-refractivity contribution in [2.45, 2.75) is 27.0 Å². The van der Waals surface area contributed by atoms with E-state index in [1.165, 1.54) is 4.68 Å². The number of aliphatic hydroxyl groups excluding tert-OH is 1. The van der Waals surface area contributed by atoms with Crippen molar-refractivity contribution in [2.75, 3.05) is 11.4 Å². The van der Waals surface area contributed by atoms with Crippen LogP contribution in [-0.2, 0) is 17.9 Å². The molecule has 0 saturated carbocycles. The Morgan fingerprint density at radius 2 is 2.25 bits per heavy atom. The average molecular weight is 274 g/mol. The third kappa shape index (κ3) is 3.21. The number of aryl methyl sites for hydroxylation is 1. The van der Waals surface area contributed by atoms with E-state index in [-0.39, 0.29) is 19.1 Å². The van der Waals surface area contributed by atoms with Gasteiger partial charge < -0.3 is 10.0 Å². The van der Waals surface area contributed by atoms with Gasteiger partial charge in [-0.2, -0.15) is 0 Å². The summed E-state index contributed by atoms with van der Waals surface area (Å²) in [4.78, 5) is 14.0. The Bertz CT molecular complexity index is 594. The smallest absolute Gasteiger partial charge is 0.248 e. The topological polar surface area (TPSA) is 71.2 Å². The molecule has 1 aromatic heterocycles. The van der Waals surface area contributed by atoms with Gasteiger partial charge in [0, 0.05) is 12.2 Å². The van der Waals surface area contributed by atoms with Crippen molar-refractivity contribution in [3.8, 4) is 0 Å². The number of aliphatic hydroxyl groups is 1. The van der Waals surface area contributed by atoms with Crippen molar-refractivity contribution < 1.29 is 9.90 Å². The van der Waals surface area contributed by atoms with Gasteiger partial charge in [-0.05, 0) is 31.5 Å². The van der Waals surface area contributed by atoms with E-state index in [0.717, 1.165) is 11.3 Å². The van der Waals surface area contributed by atoms with Gasteiger partial charge in [0.1, 0.15) is 12.2 Å². The van der Waals surface area contributed by atoms with Crippen LogP contribution in [0.25, 0.3) is 0 Å². The molecule has 0 bridgehead atoms. The highest BCUT2D eigenvalue weighted by Crippen LogP contribution is 2.16. The number of hydrogen-bond acceptors (Lipinski definition) is 4. The number of aromatic nitrogens is 3. The molecule has 2 aromatic rings. The summed E-state index contributed by atoms with van der Waals surface area (Å²) >= 11 is 0. The molecule has 20 heavy (non-hydrogen) atoms. The third-order valence-corrected chi connectivity index (χ3v) is 2.98. The number of rotatable bonds is 5. The number of carbonyl (C=O) groups excluding carboxylic acids is 1. The third-order valence-electron chi connectivity index (χ3n) is 2.98. The van der Waals surface area contributed by atoms with Crippen LogP contribution >= 0.6 is 0 Å². The van der Waals surface area contributed by atoms with Crippen molar-refractivity contribution >= 4 is 11.6 Å². The monoisotopic (exact) mass is 274 g/mol. The van der Waals surface area contributed by atoms with Gasteiger partial charge in [-0.1, -0.05) is 17.3 Å². The van der Waals surface area contributed by atoms with Crippen molar-refractivity contribution in [2.24, 2.45) is 0 Å². The molecule has 0 aliphatic rings. The standard InChI is InChI=1S/C14H18N4O2/c1-3-18(13-6-4-5-11(2)7-13)14(20)9-17-8-12(10-19)15-16-17/h4-8,19H,3,9-10H2,1-2H3. The lowest BCUT2D eigenvalue weighted by atomic mass is 10.2. The number of amides is 1. The summed E-state index contributed by atoms with van der Waals surface area (Å²) in [5.41, 5.74) is 2.44. The molecule has 106 valence electrons. The maximum absolute atomic E-state index is 12.3. The summed E-state index contributed by atoms with van der Waals surface area (Å²) < 4.78 is 1.44. The zero-order valence-electron chi connectivity index (χ0n) is 11.7. The second-order valence-electron chi connectivity index (χ2n) is 4.54. The van der Waals surface area contributed by atoms with E-state index in [1.54, 1.807) is 11.1 Å². The molecule has 0 radical (unpaired) electrons. The molecule has 0 aliphatic carbocycles. The van der Waals surface area contributed by atoms with E-state index in [1.807, 2.05) is 38.1 Å². The number of benzene rings is 1. The fourth-order valence-electron chi connectivity index (χ4n) is 2.01. The summed E-state index contributed by atoms with van der Waals surface area (Å²) in [7, 11) is 0. The first-order valence-corrected chi connectivity index (χ1v) is 6.51. The predicted octanol–water partition coefficient (Wildman–Crippen LogP) is 1.13. The minimum absolute atomic E-state index is 0.0625. The lowest BCUT2D eigenvalue weighted by molar-refractivity contribution is -0.119. The van der Waals surface area contributed by atoms with Crippen LogP contribution in [0.2, 0.25) is 0 Å². The number of likely N-dealkylation sites (N-methyl/N-ethyl adjacent to an activating group) is 1. The Labute approximate surface area is 117 Å². The minimum atomic E-state index is -0.177. The van der Waals surface area contributed by atoms with E-state index < -0.39 is 0 Å². The first-order chi connectivity index (χ1) is 9.63. The summed E-state index contributed by atoms with van der Waals surface area (Å²) in [5, 5.41) is 16.5. The average Bonchev–Trinajstić information content (AvgIpc) is 2.87. The van der Waals surface area contributed by atoms with Crippen LogP contribution in [0.1, 0.15) is 18.2 Å². The Balaban J connectivity index is 2.13. The molecule has 0 spiro atoms. The zero-order chi connectivity index (χ0) is 14.5. The van der Waals surface area contributed by atoms with Gasteiger partial charge in [-0.25, -0.2) is 4.68 Å². The molecule has 0 unspecified atom stereocenters. The van der Waals surface area contributed by atoms with Crippen LogP contribution in [0.3, 0.4) is 0 Å². The van der Waals surface area contributed by atoms with Crippen molar-refractivity contribution in [3.05, 3.63) is 41.7 Å². The van der Waals surface area contributed by atoms with Gasteiger partial charge in [-0.15, -0.1) is 5.10 Å². The largest absolute Gasteiger partial charge is 0.390 e. The molecule has 1 amide bonds. The van der Waals surface area contributed by atoms with Gasteiger partial charge in [0.05, 0.1) is 12.8 Å². The molecule has 1 aromatic carbocycles. The molecule has 0 atom stereocenters. The number of anilines is 1. The quantitative estimate of drug-likeness (QED) is 0.887.